The van der Waals surface area contributed by atoms with E-state index < -0.39 is 6.09 Å². The molecule has 0 aliphatic carbocycles. The Balaban J connectivity index is 1.85. The van der Waals surface area contributed by atoms with Crippen molar-refractivity contribution in [1.29, 1.82) is 0 Å². The first-order valence-electron chi connectivity index (χ1n) is 8.74. The molecule has 0 atom stereocenters. The van der Waals surface area contributed by atoms with Gasteiger partial charge < -0.3 is 9.67 Å². The zero-order valence-electron chi connectivity index (χ0n) is 14.6. The van der Waals surface area contributed by atoms with Crippen LogP contribution in [0.25, 0.3) is 21.8 Å². The lowest BCUT2D eigenvalue weighted by molar-refractivity contribution is 0.201. The lowest BCUT2D eigenvalue weighted by atomic mass is 10.1. The van der Waals surface area contributed by atoms with Crippen LogP contribution in [-0.2, 0) is 13.1 Å². The molecule has 4 nitrogen and oxygen atoms in total. The highest BCUT2D eigenvalue weighted by molar-refractivity contribution is 6.09. The highest BCUT2D eigenvalue weighted by Gasteiger charge is 2.17. The van der Waals surface area contributed by atoms with Gasteiger partial charge in [0.1, 0.15) is 0 Å². The Morgan fingerprint density at radius 1 is 0.923 bits per heavy atom. The van der Waals surface area contributed by atoms with Gasteiger partial charge in [0.25, 0.3) is 0 Å². The smallest absolute Gasteiger partial charge is 0.412 e. The van der Waals surface area contributed by atoms with E-state index in [0.29, 0.717) is 12.2 Å². The molecule has 0 unspecified atom stereocenters. The van der Waals surface area contributed by atoms with Gasteiger partial charge in [-0.15, -0.1) is 0 Å². The Morgan fingerprint density at radius 3 is 2.35 bits per heavy atom. The van der Waals surface area contributed by atoms with E-state index in [1.165, 1.54) is 10.4 Å². The maximum Gasteiger partial charge on any atom is 0.412 e. The lowest BCUT2D eigenvalue weighted by Gasteiger charge is -2.19. The summed E-state index contributed by atoms with van der Waals surface area (Å²) in [6.45, 7) is 3.32. The number of benzene rings is 3. The van der Waals surface area contributed by atoms with Crippen LogP contribution in [0.3, 0.4) is 0 Å². The number of para-hydroxylation sites is 1. The molecule has 1 heterocycles. The average Bonchev–Trinajstić information content (AvgIpc) is 2.99. The van der Waals surface area contributed by atoms with Crippen LogP contribution < -0.4 is 4.90 Å². The number of hydrogen-bond donors (Lipinski definition) is 1. The van der Waals surface area contributed by atoms with Crippen molar-refractivity contribution in [2.45, 2.75) is 20.0 Å². The third kappa shape index (κ3) is 2.69. The van der Waals surface area contributed by atoms with Crippen molar-refractivity contribution in [2.24, 2.45) is 0 Å². The molecule has 0 spiro atoms. The van der Waals surface area contributed by atoms with Crippen molar-refractivity contribution in [3.05, 3.63) is 78.4 Å². The molecule has 0 saturated carbocycles. The van der Waals surface area contributed by atoms with Crippen LogP contribution in [-0.4, -0.2) is 15.8 Å². The van der Waals surface area contributed by atoms with Gasteiger partial charge in [-0.1, -0.05) is 48.5 Å². The topological polar surface area (TPSA) is 45.5 Å². The first kappa shape index (κ1) is 16.2. The fourth-order valence-corrected chi connectivity index (χ4v) is 3.59. The van der Waals surface area contributed by atoms with Crippen LogP contribution in [0.15, 0.2) is 72.8 Å². The molecule has 0 saturated heterocycles. The summed E-state index contributed by atoms with van der Waals surface area (Å²) in [6.07, 6.45) is -0.951. The van der Waals surface area contributed by atoms with E-state index in [-0.39, 0.29) is 0 Å². The predicted octanol–water partition coefficient (Wildman–Crippen LogP) is 5.50. The minimum absolute atomic E-state index is 0.327. The molecule has 1 amide bonds. The first-order chi connectivity index (χ1) is 12.7. The molecule has 0 bridgehead atoms. The molecule has 26 heavy (non-hydrogen) atoms. The van der Waals surface area contributed by atoms with Crippen LogP contribution >= 0.6 is 0 Å². The molecule has 4 rings (SSSR count). The largest absolute Gasteiger partial charge is 0.465 e. The summed E-state index contributed by atoms with van der Waals surface area (Å²) in [5.74, 6) is 0. The fourth-order valence-electron chi connectivity index (χ4n) is 3.59. The van der Waals surface area contributed by atoms with Crippen LogP contribution in [0.5, 0.6) is 0 Å². The fraction of sp³-hybridized carbons (Fsp3) is 0.136. The molecular weight excluding hydrogens is 324 g/mol. The van der Waals surface area contributed by atoms with Gasteiger partial charge in [-0.3, -0.25) is 4.90 Å². The van der Waals surface area contributed by atoms with Gasteiger partial charge in [-0.2, -0.15) is 0 Å². The second kappa shape index (κ2) is 6.56. The third-order valence-corrected chi connectivity index (χ3v) is 4.80. The van der Waals surface area contributed by atoms with Crippen molar-refractivity contribution in [3.63, 3.8) is 0 Å². The van der Waals surface area contributed by atoms with E-state index in [4.69, 9.17) is 0 Å². The molecular formula is C22H20N2O2. The first-order valence-corrected chi connectivity index (χ1v) is 8.74. The van der Waals surface area contributed by atoms with Crippen LogP contribution in [0.2, 0.25) is 0 Å². The van der Waals surface area contributed by atoms with E-state index in [1.54, 1.807) is 0 Å². The molecule has 0 aliphatic rings. The summed E-state index contributed by atoms with van der Waals surface area (Å²) in [7, 11) is 0. The number of aromatic nitrogens is 1. The summed E-state index contributed by atoms with van der Waals surface area (Å²) in [6, 6.07) is 23.8. The number of fused-ring (bicyclic) bond motifs is 3. The second-order valence-electron chi connectivity index (χ2n) is 6.32. The molecule has 1 aromatic heterocycles. The quantitative estimate of drug-likeness (QED) is 0.531. The maximum absolute atomic E-state index is 11.9. The summed E-state index contributed by atoms with van der Waals surface area (Å²) in [5, 5.41) is 12.0. The molecule has 0 radical (unpaired) electrons. The monoisotopic (exact) mass is 344 g/mol. The average molecular weight is 344 g/mol. The van der Waals surface area contributed by atoms with E-state index >= 15 is 0 Å². The molecule has 130 valence electrons. The highest BCUT2D eigenvalue weighted by Crippen LogP contribution is 2.32. The van der Waals surface area contributed by atoms with Crippen molar-refractivity contribution in [1.82, 2.24) is 4.57 Å². The van der Waals surface area contributed by atoms with Crippen molar-refractivity contribution in [3.8, 4) is 0 Å². The lowest BCUT2D eigenvalue weighted by Crippen LogP contribution is -2.28. The van der Waals surface area contributed by atoms with Gasteiger partial charge >= 0.3 is 6.09 Å². The molecule has 4 aromatic rings. The Hall–Kier alpha value is -3.27. The van der Waals surface area contributed by atoms with Gasteiger partial charge in [0.05, 0.1) is 6.54 Å². The third-order valence-electron chi connectivity index (χ3n) is 4.80. The number of amides is 1. The summed E-state index contributed by atoms with van der Waals surface area (Å²) >= 11 is 0. The Labute approximate surface area is 151 Å². The molecule has 3 aromatic carbocycles. The number of carbonyl (C=O) groups is 1. The summed E-state index contributed by atoms with van der Waals surface area (Å²) in [5.41, 5.74) is 3.95. The Kier molecular flexibility index (Phi) is 4.09. The second-order valence-corrected chi connectivity index (χ2v) is 6.32. The van der Waals surface area contributed by atoms with Gasteiger partial charge in [0.2, 0.25) is 0 Å². The normalized spacial score (nSPS) is 11.1. The van der Waals surface area contributed by atoms with Crippen LogP contribution in [0.1, 0.15) is 12.5 Å². The van der Waals surface area contributed by atoms with Crippen molar-refractivity contribution >= 4 is 33.6 Å². The highest BCUT2D eigenvalue weighted by atomic mass is 16.4. The number of nitrogens with zero attached hydrogens (tertiary/aromatic N) is 2. The number of carboxylic acid groups (broad SMARTS) is 1. The minimum Gasteiger partial charge on any atom is -0.465 e. The summed E-state index contributed by atoms with van der Waals surface area (Å²) < 4.78 is 2.26. The number of anilines is 1. The van der Waals surface area contributed by atoms with Crippen LogP contribution in [0.4, 0.5) is 10.5 Å². The van der Waals surface area contributed by atoms with Gasteiger partial charge in [0.15, 0.2) is 0 Å². The van der Waals surface area contributed by atoms with E-state index in [2.05, 4.69) is 23.6 Å². The zero-order valence-corrected chi connectivity index (χ0v) is 14.6. The standard InChI is InChI=1S/C22H20N2O2/c1-2-23-20-11-7-6-10-18(20)19-14-17(12-13-21(19)23)24(22(25)26)15-16-8-4-3-5-9-16/h3-14H,2,15H2,1H3,(H,25,26). The maximum atomic E-state index is 11.9. The number of rotatable bonds is 4. The van der Waals surface area contributed by atoms with E-state index in [9.17, 15) is 9.90 Å². The van der Waals surface area contributed by atoms with Gasteiger partial charge in [-0.05, 0) is 36.8 Å². The number of hydrogen-bond acceptors (Lipinski definition) is 1. The van der Waals surface area contributed by atoms with Crippen LogP contribution in [0, 0.1) is 0 Å². The van der Waals surface area contributed by atoms with Gasteiger partial charge in [-0.25, -0.2) is 4.79 Å². The Morgan fingerprint density at radius 2 is 1.62 bits per heavy atom. The zero-order chi connectivity index (χ0) is 18.1. The van der Waals surface area contributed by atoms with E-state index in [1.807, 2.05) is 60.7 Å². The van der Waals surface area contributed by atoms with Crippen molar-refractivity contribution in [2.75, 3.05) is 4.90 Å². The predicted molar refractivity (Wildman–Crippen MR) is 106 cm³/mol. The molecule has 0 fully saturated rings. The Bertz CT molecular complexity index is 1080. The van der Waals surface area contributed by atoms with Crippen molar-refractivity contribution < 1.29 is 9.90 Å². The van der Waals surface area contributed by atoms with Gasteiger partial charge in [0, 0.05) is 34.0 Å². The number of aryl methyl sites for hydroxylation is 1. The molecule has 1 N–H and O–H groups in total. The SMILES string of the molecule is CCn1c2ccccc2c2cc(N(Cc3ccccc3)C(=O)O)ccc21. The molecule has 0 aliphatic heterocycles. The molecule has 4 heteroatoms. The summed E-state index contributed by atoms with van der Waals surface area (Å²) in [4.78, 5) is 13.3. The van der Waals surface area contributed by atoms with E-state index in [0.717, 1.165) is 28.4 Å². The minimum atomic E-state index is -0.951.